The summed E-state index contributed by atoms with van der Waals surface area (Å²) in [5.74, 6) is -0.493. The van der Waals surface area contributed by atoms with E-state index in [9.17, 15) is 18.0 Å². The van der Waals surface area contributed by atoms with E-state index in [2.05, 4.69) is 15.3 Å². The molecule has 2 aromatic rings. The quantitative estimate of drug-likeness (QED) is 0.615. The van der Waals surface area contributed by atoms with Gasteiger partial charge in [0.25, 0.3) is 11.5 Å². The van der Waals surface area contributed by atoms with E-state index in [1.807, 2.05) is 6.92 Å². The van der Waals surface area contributed by atoms with Gasteiger partial charge in [0.05, 0.1) is 16.3 Å². The summed E-state index contributed by atoms with van der Waals surface area (Å²) in [6.07, 6.45) is 2.79. The Bertz CT molecular complexity index is 1120. The average Bonchev–Trinajstić information content (AvgIpc) is 3.30. The molecule has 1 aliphatic rings. The molecule has 1 N–H and O–H groups in total. The third-order valence-electron chi connectivity index (χ3n) is 5.54. The smallest absolute Gasteiger partial charge is 0.276 e. The van der Waals surface area contributed by atoms with Crippen LogP contribution in [0.25, 0.3) is 0 Å². The molecule has 0 unspecified atom stereocenters. The van der Waals surface area contributed by atoms with Gasteiger partial charge in [-0.2, -0.15) is 9.40 Å². The normalized spacial score (nSPS) is 14.2. The summed E-state index contributed by atoms with van der Waals surface area (Å²) in [7, 11) is -3.68. The first-order chi connectivity index (χ1) is 15.3. The topological polar surface area (TPSA) is 105 Å². The van der Waals surface area contributed by atoms with Crippen LogP contribution in [-0.4, -0.2) is 54.6 Å². The van der Waals surface area contributed by atoms with Crippen molar-refractivity contribution in [1.82, 2.24) is 14.1 Å². The minimum atomic E-state index is -3.68. The number of anilines is 2. The molecule has 1 aliphatic heterocycles. The molecular weight excluding hydrogens is 430 g/mol. The van der Waals surface area contributed by atoms with Crippen LogP contribution in [0.5, 0.6) is 0 Å². The van der Waals surface area contributed by atoms with Gasteiger partial charge in [0.1, 0.15) is 5.69 Å². The van der Waals surface area contributed by atoms with E-state index in [4.69, 9.17) is 0 Å². The van der Waals surface area contributed by atoms with Gasteiger partial charge >= 0.3 is 0 Å². The van der Waals surface area contributed by atoms with E-state index in [1.165, 1.54) is 27.2 Å². The molecule has 10 heteroatoms. The fourth-order valence-electron chi connectivity index (χ4n) is 3.85. The zero-order chi connectivity index (χ0) is 23.3. The molecular formula is C22H31N5O4S. The molecule has 32 heavy (non-hydrogen) atoms. The van der Waals surface area contributed by atoms with Crippen molar-refractivity contribution in [3.05, 3.63) is 46.4 Å². The highest BCUT2D eigenvalue weighted by atomic mass is 32.2. The van der Waals surface area contributed by atoms with E-state index in [0.717, 1.165) is 31.6 Å². The van der Waals surface area contributed by atoms with Crippen LogP contribution >= 0.6 is 0 Å². The van der Waals surface area contributed by atoms with Crippen molar-refractivity contribution in [3.8, 4) is 0 Å². The molecule has 1 fully saturated rings. The zero-order valence-electron chi connectivity index (χ0n) is 18.9. The Morgan fingerprint density at radius 2 is 1.78 bits per heavy atom. The van der Waals surface area contributed by atoms with E-state index >= 15 is 0 Å². The molecule has 9 nitrogen and oxygen atoms in total. The number of nitrogens with zero attached hydrogens (tertiary/aromatic N) is 4. The summed E-state index contributed by atoms with van der Waals surface area (Å²) in [6.45, 7) is 8.31. The Hall–Kier alpha value is -2.72. The van der Waals surface area contributed by atoms with Crippen LogP contribution in [0.2, 0.25) is 0 Å². The Morgan fingerprint density at radius 1 is 1.09 bits per heavy atom. The molecule has 174 valence electrons. The van der Waals surface area contributed by atoms with Gasteiger partial charge in [-0.25, -0.2) is 13.1 Å². The standard InChI is InChI=1S/C22H31N5O4S/c1-4-13-27-21(28)12-10-18(24-27)22(29)23-19-16-17(32(30,31)26(5-2)6-3)9-11-20(19)25-14-7-8-15-25/h9-12,16H,4-8,13-15H2,1-3H3,(H,23,29). The Balaban J connectivity index is 2.00. The van der Waals surface area contributed by atoms with E-state index in [-0.39, 0.29) is 16.1 Å². The Kier molecular flexibility index (Phi) is 7.68. The maximum absolute atomic E-state index is 13.0. The molecule has 1 aromatic carbocycles. The van der Waals surface area contributed by atoms with Gasteiger partial charge < -0.3 is 10.2 Å². The predicted octanol–water partition coefficient (Wildman–Crippen LogP) is 2.54. The lowest BCUT2D eigenvalue weighted by molar-refractivity contribution is 0.101. The molecule has 0 atom stereocenters. The number of hydrogen-bond acceptors (Lipinski definition) is 6. The second-order valence-electron chi connectivity index (χ2n) is 7.70. The average molecular weight is 462 g/mol. The first-order valence-corrected chi connectivity index (χ1v) is 12.5. The van der Waals surface area contributed by atoms with Crippen molar-refractivity contribution in [2.24, 2.45) is 0 Å². The van der Waals surface area contributed by atoms with Gasteiger partial charge in [0, 0.05) is 38.8 Å². The van der Waals surface area contributed by atoms with Gasteiger partial charge in [0.2, 0.25) is 10.0 Å². The molecule has 0 bridgehead atoms. The predicted molar refractivity (Wildman–Crippen MR) is 125 cm³/mol. The van der Waals surface area contributed by atoms with Crippen LogP contribution in [0.3, 0.4) is 0 Å². The number of amides is 1. The number of aromatic nitrogens is 2. The number of rotatable bonds is 9. The SMILES string of the molecule is CCCn1nc(C(=O)Nc2cc(S(=O)(=O)N(CC)CC)ccc2N2CCCC2)ccc1=O. The molecule has 3 rings (SSSR count). The molecule has 0 saturated carbocycles. The summed E-state index contributed by atoms with van der Waals surface area (Å²) in [4.78, 5) is 27.2. The van der Waals surface area contributed by atoms with Crippen molar-refractivity contribution in [3.63, 3.8) is 0 Å². The lowest BCUT2D eigenvalue weighted by Gasteiger charge is -2.24. The molecule has 0 aliphatic carbocycles. The third-order valence-corrected chi connectivity index (χ3v) is 7.59. The molecule has 0 radical (unpaired) electrons. The number of benzene rings is 1. The second-order valence-corrected chi connectivity index (χ2v) is 9.63. The van der Waals surface area contributed by atoms with E-state index in [0.29, 0.717) is 31.7 Å². The van der Waals surface area contributed by atoms with Crippen molar-refractivity contribution in [1.29, 1.82) is 0 Å². The molecule has 2 heterocycles. The van der Waals surface area contributed by atoms with Crippen LogP contribution in [0.4, 0.5) is 11.4 Å². The van der Waals surface area contributed by atoms with Crippen LogP contribution in [-0.2, 0) is 16.6 Å². The van der Waals surface area contributed by atoms with Crippen LogP contribution in [0.1, 0.15) is 50.5 Å². The monoisotopic (exact) mass is 461 g/mol. The Labute approximate surface area is 189 Å². The Morgan fingerprint density at radius 3 is 2.41 bits per heavy atom. The molecule has 1 amide bonds. The van der Waals surface area contributed by atoms with Gasteiger partial charge in [-0.15, -0.1) is 0 Å². The minimum absolute atomic E-state index is 0.0995. The van der Waals surface area contributed by atoms with Gasteiger partial charge in [0.15, 0.2) is 0 Å². The van der Waals surface area contributed by atoms with Crippen LogP contribution in [0.15, 0.2) is 40.0 Å². The summed E-state index contributed by atoms with van der Waals surface area (Å²) in [5.41, 5.74) is 1.02. The summed E-state index contributed by atoms with van der Waals surface area (Å²) in [5, 5.41) is 7.00. The second kappa shape index (κ2) is 10.3. The van der Waals surface area contributed by atoms with Gasteiger partial charge in [-0.05, 0) is 43.5 Å². The van der Waals surface area contributed by atoms with Crippen molar-refractivity contribution < 1.29 is 13.2 Å². The molecule has 1 saturated heterocycles. The molecule has 0 spiro atoms. The van der Waals surface area contributed by atoms with Crippen molar-refractivity contribution >= 4 is 27.3 Å². The summed E-state index contributed by atoms with van der Waals surface area (Å²) < 4.78 is 28.7. The third kappa shape index (κ3) is 5.02. The number of sulfonamides is 1. The maximum Gasteiger partial charge on any atom is 0.276 e. The molecule has 1 aromatic heterocycles. The van der Waals surface area contributed by atoms with Crippen LogP contribution in [0, 0.1) is 0 Å². The van der Waals surface area contributed by atoms with Crippen LogP contribution < -0.4 is 15.8 Å². The lowest BCUT2D eigenvalue weighted by Crippen LogP contribution is -2.31. The minimum Gasteiger partial charge on any atom is -0.370 e. The fourth-order valence-corrected chi connectivity index (χ4v) is 5.34. The highest BCUT2D eigenvalue weighted by Crippen LogP contribution is 2.32. The number of aryl methyl sites for hydroxylation is 1. The first-order valence-electron chi connectivity index (χ1n) is 11.1. The highest BCUT2D eigenvalue weighted by molar-refractivity contribution is 7.89. The number of nitrogens with one attached hydrogen (secondary N) is 1. The van der Waals surface area contributed by atoms with E-state index in [1.54, 1.807) is 26.0 Å². The number of hydrogen-bond donors (Lipinski definition) is 1. The van der Waals surface area contributed by atoms with Gasteiger partial charge in [-0.1, -0.05) is 20.8 Å². The first kappa shape index (κ1) is 23.9. The summed E-state index contributed by atoms with van der Waals surface area (Å²) in [6, 6.07) is 7.57. The maximum atomic E-state index is 13.0. The summed E-state index contributed by atoms with van der Waals surface area (Å²) >= 11 is 0. The largest absolute Gasteiger partial charge is 0.370 e. The zero-order valence-corrected chi connectivity index (χ0v) is 19.7. The number of carbonyl (C=O) groups is 1. The fraction of sp³-hybridized carbons (Fsp3) is 0.500. The van der Waals surface area contributed by atoms with Gasteiger partial charge in [-0.3, -0.25) is 9.59 Å². The lowest BCUT2D eigenvalue weighted by atomic mass is 10.2. The van der Waals surface area contributed by atoms with Crippen molar-refractivity contribution in [2.45, 2.75) is 51.5 Å². The number of carbonyl (C=O) groups excluding carboxylic acids is 1. The van der Waals surface area contributed by atoms with E-state index < -0.39 is 15.9 Å². The highest BCUT2D eigenvalue weighted by Gasteiger charge is 2.25. The van der Waals surface area contributed by atoms with Crippen molar-refractivity contribution in [2.75, 3.05) is 36.4 Å².